The van der Waals surface area contributed by atoms with Crippen molar-refractivity contribution in [1.82, 2.24) is 0 Å². The normalized spacial score (nSPS) is 23.4. The minimum Gasteiger partial charge on any atom is -0.299 e. The average molecular weight is 222 g/mol. The lowest BCUT2D eigenvalue weighted by molar-refractivity contribution is -0.136. The van der Waals surface area contributed by atoms with E-state index in [2.05, 4.69) is 0 Å². The minimum absolute atomic E-state index is 0.0243. The quantitative estimate of drug-likeness (QED) is 0.590. The van der Waals surface area contributed by atoms with Crippen molar-refractivity contribution in [1.29, 1.82) is 0 Å². The van der Waals surface area contributed by atoms with Gasteiger partial charge in [0.2, 0.25) is 0 Å². The van der Waals surface area contributed by atoms with Crippen LogP contribution in [0.3, 0.4) is 0 Å². The molecule has 1 rings (SSSR count). The molecule has 0 aromatic carbocycles. The molecule has 16 heavy (non-hydrogen) atoms. The van der Waals surface area contributed by atoms with Gasteiger partial charge >= 0.3 is 0 Å². The van der Waals surface area contributed by atoms with Gasteiger partial charge in [-0.1, -0.05) is 47.6 Å². The average Bonchev–Trinajstić information content (AvgIpc) is 1.97. The first-order chi connectivity index (χ1) is 7.05. The molecule has 90 valence electrons. The molecule has 0 aromatic heterocycles. The largest absolute Gasteiger partial charge is 0.299 e. The number of hydrogen-bond donors (Lipinski definition) is 0. The molecule has 0 saturated carbocycles. The van der Waals surface area contributed by atoms with Crippen molar-refractivity contribution in [2.45, 2.75) is 48.0 Å². The number of allylic oxidation sites excluding steroid dienone is 2. The number of carbonyl (C=O) groups is 2. The van der Waals surface area contributed by atoms with Gasteiger partial charge in [0, 0.05) is 6.42 Å². The van der Waals surface area contributed by atoms with Gasteiger partial charge < -0.3 is 0 Å². The summed E-state index contributed by atoms with van der Waals surface area (Å²) in [5.74, 6) is -0.381. The van der Waals surface area contributed by atoms with E-state index in [1.54, 1.807) is 0 Å². The van der Waals surface area contributed by atoms with Crippen molar-refractivity contribution in [3.63, 3.8) is 0 Å². The molecular weight excluding hydrogens is 200 g/mol. The fourth-order valence-electron chi connectivity index (χ4n) is 2.27. The second-order valence-electron chi connectivity index (χ2n) is 6.70. The van der Waals surface area contributed by atoms with Crippen LogP contribution in [-0.4, -0.2) is 11.6 Å². The Hall–Kier alpha value is -0.920. The smallest absolute Gasteiger partial charge is 0.170 e. The number of hydrogen-bond acceptors (Lipinski definition) is 2. The monoisotopic (exact) mass is 222 g/mol. The first-order valence-corrected chi connectivity index (χ1v) is 5.82. The lowest BCUT2D eigenvalue weighted by atomic mass is 9.66. The molecule has 0 amide bonds. The van der Waals surface area contributed by atoms with Crippen LogP contribution in [0.25, 0.3) is 0 Å². The third-order valence-electron chi connectivity index (χ3n) is 3.03. The zero-order valence-electron chi connectivity index (χ0n) is 11.2. The standard InChI is InChI=1S/C14H22O2/c1-13(2,3)9-7-8-10(15)11(12(9)16)14(4,5)6/h7,11H,8H2,1-6H3. The highest BCUT2D eigenvalue weighted by molar-refractivity contribution is 6.14. The van der Waals surface area contributed by atoms with Crippen LogP contribution >= 0.6 is 0 Å². The maximum absolute atomic E-state index is 12.3. The zero-order valence-corrected chi connectivity index (χ0v) is 11.2. The Labute approximate surface area is 98.1 Å². The Balaban J connectivity index is 3.15. The molecule has 1 unspecified atom stereocenters. The van der Waals surface area contributed by atoms with Gasteiger partial charge in [0.05, 0.1) is 5.92 Å². The summed E-state index contributed by atoms with van der Waals surface area (Å²) in [6.07, 6.45) is 2.22. The van der Waals surface area contributed by atoms with Crippen LogP contribution in [0, 0.1) is 16.7 Å². The van der Waals surface area contributed by atoms with Crippen LogP contribution < -0.4 is 0 Å². The Morgan fingerprint density at radius 2 is 1.56 bits per heavy atom. The SMILES string of the molecule is CC(C)(C)C1=CCC(=O)C(C(C)(C)C)C1=O. The van der Waals surface area contributed by atoms with Crippen molar-refractivity contribution in [3.05, 3.63) is 11.6 Å². The highest BCUT2D eigenvalue weighted by Gasteiger charge is 2.42. The Kier molecular flexibility index (Phi) is 3.15. The lowest BCUT2D eigenvalue weighted by Gasteiger charge is -2.35. The lowest BCUT2D eigenvalue weighted by Crippen LogP contribution is -2.41. The van der Waals surface area contributed by atoms with Gasteiger partial charge in [-0.2, -0.15) is 0 Å². The van der Waals surface area contributed by atoms with Gasteiger partial charge in [0.15, 0.2) is 5.78 Å². The predicted molar refractivity (Wildman–Crippen MR) is 65.1 cm³/mol. The van der Waals surface area contributed by atoms with E-state index in [9.17, 15) is 9.59 Å². The number of Topliss-reactive ketones (excluding diaryl/α,β-unsaturated/α-hetero) is 2. The summed E-state index contributed by atoms with van der Waals surface area (Å²) < 4.78 is 0. The van der Waals surface area contributed by atoms with Crippen LogP contribution in [-0.2, 0) is 9.59 Å². The third-order valence-corrected chi connectivity index (χ3v) is 3.03. The van der Waals surface area contributed by atoms with Gasteiger partial charge in [0.1, 0.15) is 5.78 Å². The Morgan fingerprint density at radius 3 is 1.94 bits per heavy atom. The molecule has 0 N–H and O–H groups in total. The van der Waals surface area contributed by atoms with Crippen LogP contribution in [0.5, 0.6) is 0 Å². The maximum Gasteiger partial charge on any atom is 0.170 e. The van der Waals surface area contributed by atoms with Crippen molar-refractivity contribution < 1.29 is 9.59 Å². The van der Waals surface area contributed by atoms with E-state index in [0.29, 0.717) is 6.42 Å². The summed E-state index contributed by atoms with van der Waals surface area (Å²) in [5.41, 5.74) is 0.368. The first kappa shape index (κ1) is 13.1. The molecule has 1 atom stereocenters. The maximum atomic E-state index is 12.3. The fraction of sp³-hybridized carbons (Fsp3) is 0.714. The predicted octanol–water partition coefficient (Wildman–Crippen LogP) is 3.16. The topological polar surface area (TPSA) is 34.1 Å². The molecule has 0 spiro atoms. The van der Waals surface area contributed by atoms with E-state index in [0.717, 1.165) is 5.57 Å². The number of ketones is 2. The van der Waals surface area contributed by atoms with E-state index in [1.165, 1.54) is 0 Å². The molecule has 0 aliphatic heterocycles. The molecule has 0 bridgehead atoms. The highest BCUT2D eigenvalue weighted by atomic mass is 16.2. The molecule has 0 radical (unpaired) electrons. The van der Waals surface area contributed by atoms with Crippen LogP contribution in [0.4, 0.5) is 0 Å². The van der Waals surface area contributed by atoms with E-state index >= 15 is 0 Å². The molecule has 0 aromatic rings. The molecule has 2 heteroatoms. The number of carbonyl (C=O) groups excluding carboxylic acids is 2. The molecule has 0 fully saturated rings. The van der Waals surface area contributed by atoms with Crippen molar-refractivity contribution in [2.75, 3.05) is 0 Å². The first-order valence-electron chi connectivity index (χ1n) is 5.82. The Morgan fingerprint density at radius 1 is 1.06 bits per heavy atom. The molecular formula is C14H22O2. The summed E-state index contributed by atoms with van der Waals surface area (Å²) in [7, 11) is 0. The van der Waals surface area contributed by atoms with Crippen LogP contribution in [0.15, 0.2) is 11.6 Å². The van der Waals surface area contributed by atoms with Crippen molar-refractivity contribution in [3.8, 4) is 0 Å². The van der Waals surface area contributed by atoms with Crippen LogP contribution in [0.1, 0.15) is 48.0 Å². The molecule has 0 heterocycles. The second-order valence-corrected chi connectivity index (χ2v) is 6.70. The fourth-order valence-corrected chi connectivity index (χ4v) is 2.27. The van der Waals surface area contributed by atoms with Crippen molar-refractivity contribution in [2.24, 2.45) is 16.7 Å². The Bertz CT molecular complexity index is 348. The summed E-state index contributed by atoms with van der Waals surface area (Å²) in [6, 6.07) is 0. The van der Waals surface area contributed by atoms with E-state index in [4.69, 9.17) is 0 Å². The van der Waals surface area contributed by atoms with Crippen LogP contribution in [0.2, 0.25) is 0 Å². The van der Waals surface area contributed by atoms with Gasteiger partial charge in [-0.05, 0) is 16.4 Å². The summed E-state index contributed by atoms with van der Waals surface area (Å²) in [6.45, 7) is 11.9. The second kappa shape index (κ2) is 3.83. The highest BCUT2D eigenvalue weighted by Crippen LogP contribution is 2.38. The molecule has 0 saturated heterocycles. The van der Waals surface area contributed by atoms with Gasteiger partial charge in [-0.15, -0.1) is 0 Å². The van der Waals surface area contributed by atoms with E-state index in [-0.39, 0.29) is 22.4 Å². The molecule has 1 aliphatic rings. The van der Waals surface area contributed by atoms with E-state index in [1.807, 2.05) is 47.6 Å². The third kappa shape index (κ3) is 2.42. The molecule has 1 aliphatic carbocycles. The summed E-state index contributed by atoms with van der Waals surface area (Å²) in [4.78, 5) is 24.2. The minimum atomic E-state index is -0.466. The summed E-state index contributed by atoms with van der Waals surface area (Å²) >= 11 is 0. The summed E-state index contributed by atoms with van der Waals surface area (Å²) in [5, 5.41) is 0. The van der Waals surface area contributed by atoms with Gasteiger partial charge in [0.25, 0.3) is 0 Å². The number of rotatable bonds is 0. The van der Waals surface area contributed by atoms with Crippen molar-refractivity contribution >= 4 is 11.6 Å². The van der Waals surface area contributed by atoms with Gasteiger partial charge in [-0.25, -0.2) is 0 Å². The van der Waals surface area contributed by atoms with Gasteiger partial charge in [-0.3, -0.25) is 9.59 Å². The van der Waals surface area contributed by atoms with E-state index < -0.39 is 5.92 Å². The zero-order chi connectivity index (χ0) is 12.7. The molecule has 2 nitrogen and oxygen atoms in total.